The van der Waals surface area contributed by atoms with Crippen LogP contribution in [0.4, 0.5) is 5.69 Å². The van der Waals surface area contributed by atoms with Crippen molar-refractivity contribution in [1.29, 1.82) is 0 Å². The summed E-state index contributed by atoms with van der Waals surface area (Å²) in [7, 11) is 0. The van der Waals surface area contributed by atoms with E-state index in [4.69, 9.17) is 10.8 Å². The molecule has 0 amide bonds. The Labute approximate surface area is 253 Å². The summed E-state index contributed by atoms with van der Waals surface area (Å²) in [5, 5.41) is 35.9. The zero-order valence-corrected chi connectivity index (χ0v) is 25.1. The van der Waals surface area contributed by atoms with Crippen LogP contribution in [0, 0.1) is 0 Å². The molecule has 2 fully saturated rings. The Hall–Kier alpha value is -3.78. The molecule has 0 bridgehead atoms. The Morgan fingerprint density at radius 3 is 1.67 bits per heavy atom. The normalized spacial score (nSPS) is 21.6. The number of aliphatic hydroxyl groups excluding tert-OH is 2. The average molecular weight is 585 g/mol. The first kappa shape index (κ1) is 32.1. The van der Waals surface area contributed by atoms with Crippen LogP contribution >= 0.6 is 0 Å². The standard InChI is InChI=1S/C18H21NO2.C12H10O2.C6H13NO/c1-12(20)13-6-7-15-11-16(9-8-14(15)10-13)19-17-4-2-3-5-18(17)21;1-8(13)9-2-3-11-7-12(14)5-4-10(11)6-9;7-5-3-1-2-4-6(5)8/h6-11,17-19,21H,2-5H2,1H3;2-7,14H,1H3;5-6,8H,1-4,7H2/t;;5-,6+/m..0/s1. The predicted octanol–water partition coefficient (Wildman–Crippen LogP) is 6.75. The summed E-state index contributed by atoms with van der Waals surface area (Å²) < 4.78 is 0. The summed E-state index contributed by atoms with van der Waals surface area (Å²) in [4.78, 5) is 22.5. The van der Waals surface area contributed by atoms with Crippen LogP contribution in [-0.4, -0.2) is 51.2 Å². The van der Waals surface area contributed by atoms with Crippen molar-refractivity contribution in [3.05, 3.63) is 83.9 Å². The number of hydrogen-bond donors (Lipinski definition) is 5. The Balaban J connectivity index is 0.000000165. The maximum atomic E-state index is 11.4. The molecular formula is C36H44N2O5. The Morgan fingerprint density at radius 1 is 0.651 bits per heavy atom. The number of carbonyl (C=O) groups excluding carboxylic acids is 2. The number of nitrogens with one attached hydrogen (secondary N) is 1. The van der Waals surface area contributed by atoms with E-state index in [9.17, 15) is 19.8 Å². The Kier molecular flexibility index (Phi) is 11.3. The first-order valence-corrected chi connectivity index (χ1v) is 15.3. The van der Waals surface area contributed by atoms with Crippen molar-refractivity contribution >= 4 is 38.8 Å². The van der Waals surface area contributed by atoms with Gasteiger partial charge in [-0.05, 0) is 97.5 Å². The summed E-state index contributed by atoms with van der Waals surface area (Å²) >= 11 is 0. The maximum Gasteiger partial charge on any atom is 0.159 e. The molecule has 43 heavy (non-hydrogen) atoms. The van der Waals surface area contributed by atoms with Gasteiger partial charge in [0.15, 0.2) is 11.6 Å². The summed E-state index contributed by atoms with van der Waals surface area (Å²) in [6, 6.07) is 22.6. The number of anilines is 1. The third-order valence-electron chi connectivity index (χ3n) is 8.34. The van der Waals surface area contributed by atoms with E-state index in [1.54, 1.807) is 38.1 Å². The Morgan fingerprint density at radius 2 is 1.14 bits per heavy atom. The number of carbonyl (C=O) groups is 2. The van der Waals surface area contributed by atoms with E-state index < -0.39 is 0 Å². The second kappa shape index (κ2) is 15.1. The lowest BCUT2D eigenvalue weighted by Gasteiger charge is -2.29. The van der Waals surface area contributed by atoms with Gasteiger partial charge in [0.1, 0.15) is 5.75 Å². The number of rotatable bonds is 4. The summed E-state index contributed by atoms with van der Waals surface area (Å²) in [5.74, 6) is 0.387. The largest absolute Gasteiger partial charge is 0.508 e. The van der Waals surface area contributed by atoms with Crippen LogP contribution in [0.25, 0.3) is 21.5 Å². The minimum absolute atomic E-state index is 0.0555. The van der Waals surface area contributed by atoms with Gasteiger partial charge < -0.3 is 26.4 Å². The molecule has 2 aliphatic rings. The van der Waals surface area contributed by atoms with Crippen molar-refractivity contribution < 1.29 is 24.9 Å². The van der Waals surface area contributed by atoms with Crippen molar-refractivity contribution in [1.82, 2.24) is 0 Å². The zero-order chi connectivity index (χ0) is 30.9. The molecule has 0 radical (unpaired) electrons. The molecule has 2 aliphatic carbocycles. The molecule has 2 unspecified atom stereocenters. The minimum atomic E-state index is -0.255. The van der Waals surface area contributed by atoms with E-state index in [2.05, 4.69) is 11.4 Å². The topological polar surface area (TPSA) is 133 Å². The van der Waals surface area contributed by atoms with Gasteiger partial charge in [0.05, 0.1) is 18.2 Å². The zero-order valence-electron chi connectivity index (χ0n) is 25.1. The number of hydrogen-bond acceptors (Lipinski definition) is 7. The van der Waals surface area contributed by atoms with Crippen LogP contribution in [-0.2, 0) is 0 Å². The number of benzene rings is 4. The number of Topliss-reactive ketones (excluding diaryl/α,β-unsaturated/α-hetero) is 2. The van der Waals surface area contributed by atoms with Crippen molar-refractivity contribution in [2.75, 3.05) is 5.32 Å². The van der Waals surface area contributed by atoms with E-state index in [-0.39, 0.29) is 41.6 Å². The van der Waals surface area contributed by atoms with E-state index >= 15 is 0 Å². The first-order valence-electron chi connectivity index (χ1n) is 15.3. The third kappa shape index (κ3) is 9.10. The average Bonchev–Trinajstić information content (AvgIpc) is 3.00. The molecule has 6 rings (SSSR count). The number of aromatic hydroxyl groups is 1. The molecule has 0 aliphatic heterocycles. The van der Waals surface area contributed by atoms with Gasteiger partial charge in [0.2, 0.25) is 0 Å². The molecule has 0 heterocycles. The molecule has 2 saturated carbocycles. The van der Waals surface area contributed by atoms with Crippen LogP contribution in [0.2, 0.25) is 0 Å². The fraction of sp³-hybridized carbons (Fsp3) is 0.389. The highest BCUT2D eigenvalue weighted by Crippen LogP contribution is 2.26. The smallest absolute Gasteiger partial charge is 0.159 e. The van der Waals surface area contributed by atoms with Crippen molar-refractivity contribution in [3.8, 4) is 5.75 Å². The molecule has 4 atom stereocenters. The first-order chi connectivity index (χ1) is 20.6. The molecule has 0 spiro atoms. The fourth-order valence-electron chi connectivity index (χ4n) is 5.64. The molecule has 6 N–H and O–H groups in total. The van der Waals surface area contributed by atoms with Crippen LogP contribution in [0.1, 0.15) is 85.9 Å². The highest BCUT2D eigenvalue weighted by Gasteiger charge is 2.22. The lowest BCUT2D eigenvalue weighted by atomic mass is 9.92. The molecule has 7 nitrogen and oxygen atoms in total. The maximum absolute atomic E-state index is 11.4. The highest BCUT2D eigenvalue weighted by molar-refractivity contribution is 5.99. The molecule has 0 aromatic heterocycles. The monoisotopic (exact) mass is 584 g/mol. The number of aliphatic hydroxyl groups is 2. The van der Waals surface area contributed by atoms with Gasteiger partial charge in [0.25, 0.3) is 0 Å². The van der Waals surface area contributed by atoms with Crippen molar-refractivity contribution in [2.45, 2.75) is 89.5 Å². The lowest BCUT2D eigenvalue weighted by molar-refractivity contribution is 0.100. The molecule has 228 valence electrons. The number of ketones is 2. The fourth-order valence-corrected chi connectivity index (χ4v) is 5.64. The van der Waals surface area contributed by atoms with Gasteiger partial charge in [-0.15, -0.1) is 0 Å². The third-order valence-corrected chi connectivity index (χ3v) is 8.34. The molecule has 4 aromatic rings. The SMILES string of the molecule is CC(=O)c1ccc2cc(NC3CCCCC3O)ccc2c1.CC(=O)c1ccc2cc(O)ccc2c1.N[C@H]1CCCC[C@H]1O. The van der Waals surface area contributed by atoms with Crippen LogP contribution < -0.4 is 11.1 Å². The molecule has 0 saturated heterocycles. The van der Waals surface area contributed by atoms with Crippen LogP contribution in [0.5, 0.6) is 5.75 Å². The van der Waals surface area contributed by atoms with Gasteiger partial charge in [0, 0.05) is 22.9 Å². The predicted molar refractivity (Wildman–Crippen MR) is 174 cm³/mol. The number of phenols is 1. The van der Waals surface area contributed by atoms with Crippen molar-refractivity contribution in [2.24, 2.45) is 5.73 Å². The lowest BCUT2D eigenvalue weighted by Crippen LogP contribution is -2.37. The van der Waals surface area contributed by atoms with Gasteiger partial charge in [-0.2, -0.15) is 0 Å². The van der Waals surface area contributed by atoms with Gasteiger partial charge in [-0.25, -0.2) is 0 Å². The number of fused-ring (bicyclic) bond motifs is 2. The van der Waals surface area contributed by atoms with Crippen molar-refractivity contribution in [3.63, 3.8) is 0 Å². The molecular weight excluding hydrogens is 540 g/mol. The van der Waals surface area contributed by atoms with Crippen LogP contribution in [0.15, 0.2) is 72.8 Å². The summed E-state index contributed by atoms with van der Waals surface area (Å²) in [6.45, 7) is 3.13. The second-order valence-corrected chi connectivity index (χ2v) is 11.8. The number of nitrogens with two attached hydrogens (primary N) is 1. The van der Waals surface area contributed by atoms with E-state index in [1.165, 1.54) is 12.8 Å². The van der Waals surface area contributed by atoms with Gasteiger partial charge in [-0.1, -0.05) is 62.1 Å². The summed E-state index contributed by atoms with van der Waals surface area (Å²) in [5.41, 5.74) is 8.00. The Bertz CT molecular complexity index is 1540. The van der Waals surface area contributed by atoms with Gasteiger partial charge in [-0.3, -0.25) is 9.59 Å². The van der Waals surface area contributed by atoms with Crippen LogP contribution in [0.3, 0.4) is 0 Å². The highest BCUT2D eigenvalue weighted by atomic mass is 16.3. The number of phenolic OH excluding ortho intramolecular Hbond substituents is 1. The minimum Gasteiger partial charge on any atom is -0.508 e. The summed E-state index contributed by atoms with van der Waals surface area (Å²) in [6.07, 6.45) is 7.96. The molecule has 4 aromatic carbocycles. The van der Waals surface area contributed by atoms with E-state index in [0.29, 0.717) is 5.56 Å². The van der Waals surface area contributed by atoms with E-state index in [1.807, 2.05) is 42.5 Å². The van der Waals surface area contributed by atoms with Gasteiger partial charge >= 0.3 is 0 Å². The molecule has 7 heteroatoms. The second-order valence-electron chi connectivity index (χ2n) is 11.8. The van der Waals surface area contributed by atoms with E-state index in [0.717, 1.165) is 71.3 Å². The quantitative estimate of drug-likeness (QED) is 0.168.